The van der Waals surface area contributed by atoms with Crippen LogP contribution >= 0.6 is 0 Å². The van der Waals surface area contributed by atoms with Gasteiger partial charge in [-0.1, -0.05) is 5.57 Å². The first-order valence-corrected chi connectivity index (χ1v) is 6.31. The summed E-state index contributed by atoms with van der Waals surface area (Å²) < 4.78 is 6.97. The molecule has 1 N–H and O–H groups in total. The number of hydrogen-bond donors (Lipinski definition) is 1. The van der Waals surface area contributed by atoms with Crippen molar-refractivity contribution >= 4 is 5.95 Å². The van der Waals surface area contributed by atoms with Crippen LogP contribution in [0.15, 0.2) is 24.8 Å². The first-order valence-electron chi connectivity index (χ1n) is 6.31. The third-order valence-electron chi connectivity index (χ3n) is 2.32. The second-order valence-corrected chi connectivity index (χ2v) is 4.17. The van der Waals surface area contributed by atoms with Crippen molar-refractivity contribution in [1.29, 1.82) is 0 Å². The Morgan fingerprint density at radius 1 is 1.40 bits per heavy atom. The molecule has 0 aliphatic carbocycles. The molecule has 0 unspecified atom stereocenters. The highest BCUT2D eigenvalue weighted by Crippen LogP contribution is 2.11. The summed E-state index contributed by atoms with van der Waals surface area (Å²) in [4.78, 5) is 16.5. The zero-order valence-corrected chi connectivity index (χ0v) is 11.6. The van der Waals surface area contributed by atoms with Crippen molar-refractivity contribution in [2.24, 2.45) is 0 Å². The van der Waals surface area contributed by atoms with E-state index in [0.717, 1.165) is 12.0 Å². The molecule has 8 nitrogen and oxygen atoms in total. The fourth-order valence-corrected chi connectivity index (χ4v) is 1.38. The molecule has 2 aromatic heterocycles. The Bertz CT molecular complexity index is 567. The highest BCUT2D eigenvalue weighted by molar-refractivity contribution is 5.29. The number of anilines is 1. The number of ether oxygens (including phenoxy) is 1. The molecule has 0 aromatic carbocycles. The fourth-order valence-electron chi connectivity index (χ4n) is 1.38. The van der Waals surface area contributed by atoms with Gasteiger partial charge < -0.3 is 10.1 Å². The predicted octanol–water partition coefficient (Wildman–Crippen LogP) is 1.23. The molecule has 20 heavy (non-hydrogen) atoms. The van der Waals surface area contributed by atoms with Crippen molar-refractivity contribution < 1.29 is 4.74 Å². The van der Waals surface area contributed by atoms with Crippen LogP contribution in [0, 0.1) is 0 Å². The standard InChI is InChI=1S/C12H17N7O/c1-4-14-10-16-11(19-8-13-7-15-19)18-12(17-10)20-6-5-9(2)3/h7-8H,2,4-6H2,1,3H3,(H,14,16,17,18). The largest absolute Gasteiger partial charge is 0.463 e. The van der Waals surface area contributed by atoms with E-state index >= 15 is 0 Å². The van der Waals surface area contributed by atoms with Crippen molar-refractivity contribution in [1.82, 2.24) is 29.7 Å². The van der Waals surface area contributed by atoms with Gasteiger partial charge in [0.2, 0.25) is 5.95 Å². The number of hydrogen-bond acceptors (Lipinski definition) is 7. The minimum atomic E-state index is 0.253. The van der Waals surface area contributed by atoms with Gasteiger partial charge in [-0.2, -0.15) is 24.7 Å². The van der Waals surface area contributed by atoms with Crippen LogP contribution in [0.4, 0.5) is 5.95 Å². The zero-order chi connectivity index (χ0) is 14.4. The highest BCUT2D eigenvalue weighted by Gasteiger charge is 2.09. The quantitative estimate of drug-likeness (QED) is 0.760. The minimum Gasteiger partial charge on any atom is -0.463 e. The molecular formula is C12H17N7O. The molecule has 2 heterocycles. The fraction of sp³-hybridized carbons (Fsp3) is 0.417. The third-order valence-corrected chi connectivity index (χ3v) is 2.32. The molecule has 0 aliphatic heterocycles. The summed E-state index contributed by atoms with van der Waals surface area (Å²) in [5.74, 6) is 0.803. The van der Waals surface area contributed by atoms with Crippen LogP contribution in [-0.2, 0) is 0 Å². The normalized spacial score (nSPS) is 10.3. The van der Waals surface area contributed by atoms with Crippen LogP contribution in [0.5, 0.6) is 6.01 Å². The molecule has 0 spiro atoms. The van der Waals surface area contributed by atoms with Gasteiger partial charge in [-0.15, -0.1) is 6.58 Å². The molecule has 0 fully saturated rings. The van der Waals surface area contributed by atoms with E-state index in [9.17, 15) is 0 Å². The highest BCUT2D eigenvalue weighted by atomic mass is 16.5. The van der Waals surface area contributed by atoms with E-state index in [1.807, 2.05) is 13.8 Å². The Morgan fingerprint density at radius 3 is 2.90 bits per heavy atom. The van der Waals surface area contributed by atoms with Crippen LogP contribution in [0.3, 0.4) is 0 Å². The summed E-state index contributed by atoms with van der Waals surface area (Å²) in [6, 6.07) is 0.253. The van der Waals surface area contributed by atoms with E-state index < -0.39 is 0 Å². The van der Waals surface area contributed by atoms with Crippen LogP contribution < -0.4 is 10.1 Å². The van der Waals surface area contributed by atoms with Crippen LogP contribution in [0.1, 0.15) is 20.3 Å². The molecule has 0 aliphatic rings. The summed E-state index contributed by atoms with van der Waals surface area (Å²) in [6.45, 7) is 8.90. The minimum absolute atomic E-state index is 0.253. The molecule has 0 saturated carbocycles. The van der Waals surface area contributed by atoms with Crippen molar-refractivity contribution in [2.45, 2.75) is 20.3 Å². The maximum absolute atomic E-state index is 5.52. The second kappa shape index (κ2) is 6.60. The number of nitrogens with zero attached hydrogens (tertiary/aromatic N) is 6. The van der Waals surface area contributed by atoms with Gasteiger partial charge in [0.15, 0.2) is 0 Å². The van der Waals surface area contributed by atoms with Crippen molar-refractivity contribution in [3.05, 3.63) is 24.8 Å². The topological polar surface area (TPSA) is 90.6 Å². The Hall–Kier alpha value is -2.51. The maximum atomic E-state index is 5.52. The third kappa shape index (κ3) is 3.74. The SMILES string of the molecule is C=C(C)CCOc1nc(NCC)nc(-n2cncn2)n1. The van der Waals surface area contributed by atoms with Crippen molar-refractivity contribution in [2.75, 3.05) is 18.5 Å². The monoisotopic (exact) mass is 275 g/mol. The van der Waals surface area contributed by atoms with E-state index in [1.165, 1.54) is 17.3 Å². The molecule has 0 saturated heterocycles. The molecule has 8 heteroatoms. The first kappa shape index (κ1) is 13.9. The lowest BCUT2D eigenvalue weighted by atomic mass is 10.3. The van der Waals surface area contributed by atoms with E-state index in [2.05, 4.69) is 36.9 Å². The van der Waals surface area contributed by atoms with Crippen LogP contribution in [0.25, 0.3) is 5.95 Å². The summed E-state index contributed by atoms with van der Waals surface area (Å²) in [7, 11) is 0. The summed E-state index contributed by atoms with van der Waals surface area (Å²) in [5.41, 5.74) is 1.04. The number of rotatable bonds is 7. The molecule has 0 bridgehead atoms. The second-order valence-electron chi connectivity index (χ2n) is 4.17. The lowest BCUT2D eigenvalue weighted by Gasteiger charge is -2.08. The van der Waals surface area contributed by atoms with E-state index in [1.54, 1.807) is 0 Å². The zero-order valence-electron chi connectivity index (χ0n) is 11.6. The van der Waals surface area contributed by atoms with Crippen LogP contribution in [-0.4, -0.2) is 42.9 Å². The van der Waals surface area contributed by atoms with Gasteiger partial charge in [-0.3, -0.25) is 0 Å². The number of aromatic nitrogens is 6. The molecule has 0 amide bonds. The van der Waals surface area contributed by atoms with E-state index in [4.69, 9.17) is 4.74 Å². The van der Waals surface area contributed by atoms with Gasteiger partial charge in [0.25, 0.3) is 5.95 Å². The lowest BCUT2D eigenvalue weighted by molar-refractivity contribution is 0.295. The summed E-state index contributed by atoms with van der Waals surface area (Å²) in [5, 5.41) is 7.02. The van der Waals surface area contributed by atoms with E-state index in [-0.39, 0.29) is 6.01 Å². The molecule has 2 aromatic rings. The first-order chi connectivity index (χ1) is 9.69. The Kier molecular flexibility index (Phi) is 4.59. The summed E-state index contributed by atoms with van der Waals surface area (Å²) in [6.07, 6.45) is 3.68. The molecule has 106 valence electrons. The molecule has 0 atom stereocenters. The molecule has 0 radical (unpaired) electrons. The van der Waals surface area contributed by atoms with Crippen LogP contribution in [0.2, 0.25) is 0 Å². The Morgan fingerprint density at radius 2 is 2.25 bits per heavy atom. The lowest BCUT2D eigenvalue weighted by Crippen LogP contribution is -2.11. The van der Waals surface area contributed by atoms with Crippen molar-refractivity contribution in [3.8, 4) is 12.0 Å². The van der Waals surface area contributed by atoms with Gasteiger partial charge in [-0.25, -0.2) is 4.98 Å². The average Bonchev–Trinajstić information content (AvgIpc) is 2.92. The van der Waals surface area contributed by atoms with Gasteiger partial charge in [0.05, 0.1) is 6.61 Å². The summed E-state index contributed by atoms with van der Waals surface area (Å²) >= 11 is 0. The van der Waals surface area contributed by atoms with Gasteiger partial charge >= 0.3 is 6.01 Å². The predicted molar refractivity (Wildman–Crippen MR) is 73.8 cm³/mol. The Balaban J connectivity index is 2.19. The molecule has 2 rings (SSSR count). The van der Waals surface area contributed by atoms with Crippen molar-refractivity contribution in [3.63, 3.8) is 0 Å². The van der Waals surface area contributed by atoms with E-state index in [0.29, 0.717) is 25.0 Å². The Labute approximate surface area is 117 Å². The average molecular weight is 275 g/mol. The van der Waals surface area contributed by atoms with Gasteiger partial charge in [0, 0.05) is 13.0 Å². The smallest absolute Gasteiger partial charge is 0.323 e. The van der Waals surface area contributed by atoms with Gasteiger partial charge in [0.1, 0.15) is 12.7 Å². The van der Waals surface area contributed by atoms with Gasteiger partial charge in [-0.05, 0) is 13.8 Å². The number of nitrogens with one attached hydrogen (secondary N) is 1. The molecular weight excluding hydrogens is 258 g/mol. The maximum Gasteiger partial charge on any atom is 0.323 e.